The van der Waals surface area contributed by atoms with E-state index in [-0.39, 0.29) is 0 Å². The average molecular weight is 280 g/mol. The van der Waals surface area contributed by atoms with Gasteiger partial charge in [0.2, 0.25) is 0 Å². The maximum atomic E-state index is 6.08. The Kier molecular flexibility index (Phi) is 2.77. The van der Waals surface area contributed by atoms with Crippen molar-refractivity contribution in [1.29, 1.82) is 0 Å². The van der Waals surface area contributed by atoms with Crippen LogP contribution in [-0.2, 0) is 0 Å². The zero-order valence-corrected chi connectivity index (χ0v) is 10.5. The van der Waals surface area contributed by atoms with Crippen molar-refractivity contribution in [3.05, 3.63) is 40.9 Å². The highest BCUT2D eigenvalue weighted by molar-refractivity contribution is 6.35. The van der Waals surface area contributed by atoms with Crippen LogP contribution in [0.5, 0.6) is 0 Å². The molecule has 0 atom stereocenters. The fraction of sp³-hybridized carbons (Fsp3) is 0. The molecule has 18 heavy (non-hydrogen) atoms. The van der Waals surface area contributed by atoms with Crippen molar-refractivity contribution < 1.29 is 0 Å². The summed E-state index contributed by atoms with van der Waals surface area (Å²) in [7, 11) is 0. The molecule has 3 rings (SSSR count). The molecule has 0 saturated carbocycles. The van der Waals surface area contributed by atoms with Gasteiger partial charge in [0, 0.05) is 5.02 Å². The number of anilines is 2. The highest BCUT2D eigenvalue weighted by Crippen LogP contribution is 2.29. The number of H-pyrrole nitrogens is 1. The molecule has 2 aromatic heterocycles. The van der Waals surface area contributed by atoms with Gasteiger partial charge in [-0.05, 0) is 18.2 Å². The second kappa shape index (κ2) is 4.44. The number of nitrogens with zero attached hydrogens (tertiary/aromatic N) is 3. The Morgan fingerprint density at radius 1 is 1.11 bits per heavy atom. The number of fused-ring (bicyclic) bond motifs is 1. The number of aromatic amines is 1. The average Bonchev–Trinajstić information content (AvgIpc) is 2.83. The van der Waals surface area contributed by atoms with Gasteiger partial charge >= 0.3 is 0 Å². The first kappa shape index (κ1) is 11.3. The molecule has 0 spiro atoms. The van der Waals surface area contributed by atoms with Crippen molar-refractivity contribution in [3.8, 4) is 0 Å². The lowest BCUT2D eigenvalue weighted by Gasteiger charge is -2.07. The summed E-state index contributed by atoms with van der Waals surface area (Å²) >= 11 is 12.0. The maximum Gasteiger partial charge on any atom is 0.162 e. The molecule has 0 aliphatic heterocycles. The Bertz CT molecular complexity index is 709. The zero-order chi connectivity index (χ0) is 12.5. The quantitative estimate of drug-likeness (QED) is 0.755. The fourth-order valence-corrected chi connectivity index (χ4v) is 1.91. The number of hydrogen-bond acceptors (Lipinski definition) is 4. The topological polar surface area (TPSA) is 66.5 Å². The number of hydrogen-bond donors (Lipinski definition) is 2. The van der Waals surface area contributed by atoms with E-state index in [1.807, 2.05) is 0 Å². The van der Waals surface area contributed by atoms with Crippen molar-refractivity contribution in [3.63, 3.8) is 0 Å². The van der Waals surface area contributed by atoms with E-state index in [9.17, 15) is 0 Å². The largest absolute Gasteiger partial charge is 0.337 e. The fourth-order valence-electron chi connectivity index (χ4n) is 1.58. The van der Waals surface area contributed by atoms with E-state index in [0.717, 1.165) is 0 Å². The Hall–Kier alpha value is -1.85. The van der Waals surface area contributed by atoms with Crippen molar-refractivity contribution in [2.75, 3.05) is 5.32 Å². The third kappa shape index (κ3) is 1.98. The van der Waals surface area contributed by atoms with Gasteiger partial charge in [0.05, 0.1) is 17.0 Å². The number of nitrogens with one attached hydrogen (secondary N) is 2. The molecular weight excluding hydrogens is 273 g/mol. The Morgan fingerprint density at radius 3 is 2.89 bits per heavy atom. The minimum Gasteiger partial charge on any atom is -0.337 e. The summed E-state index contributed by atoms with van der Waals surface area (Å²) < 4.78 is 0. The molecule has 1 aromatic carbocycles. The molecular formula is C11H7Cl2N5. The van der Waals surface area contributed by atoms with Crippen molar-refractivity contribution in [2.24, 2.45) is 0 Å². The molecule has 0 amide bonds. The highest BCUT2D eigenvalue weighted by atomic mass is 35.5. The van der Waals surface area contributed by atoms with Gasteiger partial charge in [-0.15, -0.1) is 0 Å². The van der Waals surface area contributed by atoms with E-state index in [4.69, 9.17) is 23.2 Å². The molecule has 0 aliphatic rings. The Labute approximate surface area is 112 Å². The van der Waals surface area contributed by atoms with Crippen LogP contribution in [0.3, 0.4) is 0 Å². The molecule has 3 aromatic rings. The summed E-state index contributed by atoms with van der Waals surface area (Å²) in [6.45, 7) is 0. The van der Waals surface area contributed by atoms with Crippen LogP contribution in [0, 0.1) is 0 Å². The lowest BCUT2D eigenvalue weighted by Crippen LogP contribution is -1.96. The molecule has 0 radical (unpaired) electrons. The van der Waals surface area contributed by atoms with Crippen LogP contribution >= 0.6 is 23.2 Å². The van der Waals surface area contributed by atoms with Crippen LogP contribution in [-0.4, -0.2) is 19.9 Å². The van der Waals surface area contributed by atoms with Gasteiger partial charge in [-0.1, -0.05) is 23.2 Å². The van der Waals surface area contributed by atoms with E-state index in [2.05, 4.69) is 25.3 Å². The maximum absolute atomic E-state index is 6.08. The van der Waals surface area contributed by atoms with Crippen molar-refractivity contribution >= 4 is 45.9 Å². The van der Waals surface area contributed by atoms with Gasteiger partial charge in [0.15, 0.2) is 17.0 Å². The van der Waals surface area contributed by atoms with Crippen LogP contribution in [0.1, 0.15) is 0 Å². The monoisotopic (exact) mass is 279 g/mol. The van der Waals surface area contributed by atoms with Crippen LogP contribution < -0.4 is 5.32 Å². The van der Waals surface area contributed by atoms with E-state index in [1.165, 1.54) is 6.33 Å². The molecule has 0 bridgehead atoms. The van der Waals surface area contributed by atoms with Crippen LogP contribution in [0.2, 0.25) is 10.0 Å². The van der Waals surface area contributed by atoms with Crippen molar-refractivity contribution in [1.82, 2.24) is 19.9 Å². The van der Waals surface area contributed by atoms with Gasteiger partial charge in [-0.3, -0.25) is 0 Å². The van der Waals surface area contributed by atoms with Crippen molar-refractivity contribution in [2.45, 2.75) is 0 Å². The number of benzene rings is 1. The SMILES string of the molecule is Clc1ccc(Cl)c(Nc2ncnc3[nH]cnc23)c1. The lowest BCUT2D eigenvalue weighted by atomic mass is 10.3. The minimum absolute atomic E-state index is 0.557. The summed E-state index contributed by atoms with van der Waals surface area (Å²) in [5.41, 5.74) is 1.98. The highest BCUT2D eigenvalue weighted by Gasteiger charge is 2.08. The summed E-state index contributed by atoms with van der Waals surface area (Å²) in [6.07, 6.45) is 3.01. The van der Waals surface area contributed by atoms with E-state index in [1.54, 1.807) is 24.5 Å². The molecule has 2 heterocycles. The summed E-state index contributed by atoms with van der Waals surface area (Å²) in [5.74, 6) is 0.574. The number of aromatic nitrogens is 4. The summed E-state index contributed by atoms with van der Waals surface area (Å²) in [6, 6.07) is 5.17. The van der Waals surface area contributed by atoms with E-state index in [0.29, 0.717) is 32.7 Å². The molecule has 2 N–H and O–H groups in total. The van der Waals surface area contributed by atoms with Crippen LogP contribution in [0.15, 0.2) is 30.9 Å². The van der Waals surface area contributed by atoms with Gasteiger partial charge < -0.3 is 10.3 Å². The lowest BCUT2D eigenvalue weighted by molar-refractivity contribution is 1.20. The standard InChI is InChI=1S/C11H7Cl2N5/c12-6-1-2-7(13)8(3-6)18-11-9-10(15-4-14-9)16-5-17-11/h1-5H,(H2,14,15,16,17,18). The molecule has 5 nitrogen and oxygen atoms in total. The smallest absolute Gasteiger partial charge is 0.162 e. The van der Waals surface area contributed by atoms with Gasteiger partial charge in [0.25, 0.3) is 0 Å². The Morgan fingerprint density at radius 2 is 2.00 bits per heavy atom. The normalized spacial score (nSPS) is 10.8. The predicted molar refractivity (Wildman–Crippen MR) is 71.4 cm³/mol. The van der Waals surface area contributed by atoms with Crippen LogP contribution in [0.25, 0.3) is 11.2 Å². The number of rotatable bonds is 2. The van der Waals surface area contributed by atoms with E-state index >= 15 is 0 Å². The zero-order valence-electron chi connectivity index (χ0n) is 8.98. The van der Waals surface area contributed by atoms with Gasteiger partial charge in [-0.2, -0.15) is 0 Å². The molecule has 7 heteroatoms. The predicted octanol–water partition coefficient (Wildman–Crippen LogP) is 3.40. The third-order valence-corrected chi connectivity index (χ3v) is 2.96. The molecule has 0 unspecified atom stereocenters. The third-order valence-electron chi connectivity index (χ3n) is 2.40. The molecule has 0 aliphatic carbocycles. The minimum atomic E-state index is 0.557. The molecule has 0 fully saturated rings. The number of imidazole rings is 1. The number of halogens is 2. The van der Waals surface area contributed by atoms with E-state index < -0.39 is 0 Å². The molecule has 90 valence electrons. The first-order valence-corrected chi connectivity index (χ1v) is 5.86. The Balaban J connectivity index is 2.06. The second-order valence-electron chi connectivity index (χ2n) is 3.57. The molecule has 0 saturated heterocycles. The summed E-state index contributed by atoms with van der Waals surface area (Å²) in [4.78, 5) is 15.3. The van der Waals surface area contributed by atoms with Gasteiger partial charge in [-0.25, -0.2) is 15.0 Å². The summed E-state index contributed by atoms with van der Waals surface area (Å²) in [5, 5.41) is 4.24. The van der Waals surface area contributed by atoms with Crippen LogP contribution in [0.4, 0.5) is 11.5 Å². The first-order valence-electron chi connectivity index (χ1n) is 5.10. The second-order valence-corrected chi connectivity index (χ2v) is 4.41. The van der Waals surface area contributed by atoms with Gasteiger partial charge in [0.1, 0.15) is 6.33 Å². The first-order chi connectivity index (χ1) is 8.74.